The lowest BCUT2D eigenvalue weighted by Gasteiger charge is -2.36. The van der Waals surface area contributed by atoms with Gasteiger partial charge < -0.3 is 20.7 Å². The summed E-state index contributed by atoms with van der Waals surface area (Å²) in [6, 6.07) is 19.1. The first kappa shape index (κ1) is 27.6. The number of rotatable bonds is 7. The van der Waals surface area contributed by atoms with Gasteiger partial charge in [0.1, 0.15) is 12.4 Å². The quantitative estimate of drug-likeness (QED) is 0.287. The van der Waals surface area contributed by atoms with Crippen LogP contribution < -0.4 is 25.6 Å². The Morgan fingerprint density at radius 3 is 2.36 bits per heavy atom. The fourth-order valence-electron chi connectivity index (χ4n) is 5.90. The predicted molar refractivity (Wildman–Crippen MR) is 170 cm³/mol. The molecule has 12 heteroatoms. The summed E-state index contributed by atoms with van der Waals surface area (Å²) in [5, 5.41) is 11.8. The zero-order valence-electron chi connectivity index (χ0n) is 24.9. The smallest absolute Gasteiger partial charge is 0.327 e. The van der Waals surface area contributed by atoms with Gasteiger partial charge in [-0.1, -0.05) is 12.1 Å². The minimum atomic E-state index is -0.241. The number of hydrogen-bond acceptors (Lipinski definition) is 8. The number of hydrogen-bond donors (Lipinski definition) is 2. The van der Waals surface area contributed by atoms with Gasteiger partial charge in [0.2, 0.25) is 0 Å². The van der Waals surface area contributed by atoms with E-state index in [2.05, 4.69) is 26.5 Å². The number of anilines is 3. The second kappa shape index (κ2) is 11.1. The Morgan fingerprint density at radius 1 is 0.977 bits per heavy atom. The van der Waals surface area contributed by atoms with Gasteiger partial charge in [0.05, 0.1) is 40.2 Å². The molecule has 12 nitrogen and oxygen atoms in total. The molecule has 1 aromatic carbocycles. The molecule has 44 heavy (non-hydrogen) atoms. The second-order valence-electron chi connectivity index (χ2n) is 11.4. The summed E-state index contributed by atoms with van der Waals surface area (Å²) < 4.78 is 9.37. The Balaban J connectivity index is 1.24. The van der Waals surface area contributed by atoms with Gasteiger partial charge in [0.15, 0.2) is 5.82 Å². The Labute approximate surface area is 255 Å². The van der Waals surface area contributed by atoms with Gasteiger partial charge in [0.25, 0.3) is 0 Å². The molecule has 0 unspecified atom stereocenters. The van der Waals surface area contributed by atoms with Crippen molar-refractivity contribution in [3.8, 4) is 39.8 Å². The molecule has 0 saturated carbocycles. The third-order valence-corrected chi connectivity index (χ3v) is 8.06. The van der Waals surface area contributed by atoms with Crippen molar-refractivity contribution < 1.29 is 9.53 Å². The van der Waals surface area contributed by atoms with E-state index in [-0.39, 0.29) is 18.1 Å². The molecule has 2 aliphatic rings. The van der Waals surface area contributed by atoms with Crippen LogP contribution in [0.2, 0.25) is 0 Å². The summed E-state index contributed by atoms with van der Waals surface area (Å²) in [5.41, 5.74) is 12.2. The van der Waals surface area contributed by atoms with Crippen LogP contribution in [-0.4, -0.2) is 67.3 Å². The first-order valence-electron chi connectivity index (χ1n) is 14.7. The highest BCUT2D eigenvalue weighted by Gasteiger charge is 2.40. The van der Waals surface area contributed by atoms with E-state index in [9.17, 15) is 4.79 Å². The third-order valence-electron chi connectivity index (χ3n) is 8.06. The Morgan fingerprint density at radius 2 is 1.70 bits per heavy atom. The predicted octanol–water partition coefficient (Wildman–Crippen LogP) is 4.30. The van der Waals surface area contributed by atoms with Crippen molar-refractivity contribution in [1.29, 1.82) is 0 Å². The summed E-state index contributed by atoms with van der Waals surface area (Å²) in [4.78, 5) is 28.2. The number of benzene rings is 1. The lowest BCUT2D eigenvalue weighted by Crippen LogP contribution is -2.48. The van der Waals surface area contributed by atoms with Crippen molar-refractivity contribution in [2.75, 3.05) is 34.8 Å². The van der Waals surface area contributed by atoms with E-state index >= 15 is 0 Å². The molecule has 2 atom stereocenters. The maximum atomic E-state index is 14.2. The van der Waals surface area contributed by atoms with Gasteiger partial charge in [-0.05, 0) is 61.9 Å². The Hall–Kier alpha value is -5.23. The van der Waals surface area contributed by atoms with Crippen LogP contribution in [0.4, 0.5) is 22.0 Å². The van der Waals surface area contributed by atoms with Gasteiger partial charge in [-0.2, -0.15) is 10.2 Å². The molecule has 2 amide bonds. The van der Waals surface area contributed by atoms with Crippen LogP contribution in [0.5, 0.6) is 5.75 Å². The van der Waals surface area contributed by atoms with Crippen LogP contribution in [-0.2, 0) is 14.1 Å². The number of amides is 2. The van der Waals surface area contributed by atoms with Crippen molar-refractivity contribution in [2.45, 2.75) is 25.4 Å². The van der Waals surface area contributed by atoms with Crippen LogP contribution >= 0.6 is 0 Å². The second-order valence-corrected chi connectivity index (χ2v) is 11.4. The number of urea groups is 1. The van der Waals surface area contributed by atoms with Crippen molar-refractivity contribution >= 4 is 23.2 Å². The van der Waals surface area contributed by atoms with E-state index in [1.54, 1.807) is 21.8 Å². The van der Waals surface area contributed by atoms with Gasteiger partial charge >= 0.3 is 6.03 Å². The van der Waals surface area contributed by atoms with E-state index in [4.69, 9.17) is 20.4 Å². The van der Waals surface area contributed by atoms with Gasteiger partial charge in [0, 0.05) is 56.9 Å². The normalized spacial score (nSPS) is 16.1. The van der Waals surface area contributed by atoms with Gasteiger partial charge in [-0.25, -0.2) is 14.8 Å². The molecule has 6 heterocycles. The molecule has 1 saturated heterocycles. The molecular formula is C32H34N10O2. The highest BCUT2D eigenvalue weighted by Crippen LogP contribution is 2.41. The number of carbonyl (C=O) groups excluding carboxylic acids is 1. The Kier molecular flexibility index (Phi) is 6.97. The molecule has 0 spiro atoms. The van der Waals surface area contributed by atoms with E-state index in [0.717, 1.165) is 53.6 Å². The Bertz CT molecular complexity index is 1790. The lowest BCUT2D eigenvalue weighted by molar-refractivity contribution is 0.255. The van der Waals surface area contributed by atoms with E-state index in [1.807, 2.05) is 80.5 Å². The molecule has 7 rings (SSSR count). The molecule has 5 aromatic rings. The van der Waals surface area contributed by atoms with Crippen molar-refractivity contribution in [1.82, 2.24) is 29.5 Å². The van der Waals surface area contributed by atoms with Crippen LogP contribution in [0.3, 0.4) is 0 Å². The molecular weight excluding hydrogens is 556 g/mol. The van der Waals surface area contributed by atoms with Crippen molar-refractivity contribution in [3.63, 3.8) is 0 Å². The number of nitrogens with two attached hydrogens (primary N) is 1. The zero-order chi connectivity index (χ0) is 30.4. The summed E-state index contributed by atoms with van der Waals surface area (Å²) in [5.74, 6) is 1.37. The fraction of sp³-hybridized carbons (Fsp3) is 0.281. The number of ether oxygens (including phenoxy) is 1. The summed E-state index contributed by atoms with van der Waals surface area (Å²) in [6.45, 7) is 3.96. The molecule has 2 bridgehead atoms. The number of nitrogens with one attached hydrogen (secondary N) is 1. The average molecular weight is 591 g/mol. The number of pyridine rings is 2. The summed E-state index contributed by atoms with van der Waals surface area (Å²) >= 11 is 0. The van der Waals surface area contributed by atoms with Gasteiger partial charge in [-0.3, -0.25) is 14.3 Å². The number of aromatic nitrogens is 6. The first-order valence-corrected chi connectivity index (χ1v) is 14.7. The summed E-state index contributed by atoms with van der Waals surface area (Å²) in [6.07, 6.45) is 4.31. The topological polar surface area (TPSA) is 132 Å². The van der Waals surface area contributed by atoms with Crippen LogP contribution in [0.1, 0.15) is 13.3 Å². The maximum absolute atomic E-state index is 14.2. The van der Waals surface area contributed by atoms with E-state index in [0.29, 0.717) is 29.5 Å². The number of aryl methyl sites for hydroxylation is 2. The monoisotopic (exact) mass is 590 g/mol. The van der Waals surface area contributed by atoms with Crippen molar-refractivity contribution in [3.05, 3.63) is 73.1 Å². The van der Waals surface area contributed by atoms with Crippen LogP contribution in [0.15, 0.2) is 73.1 Å². The third kappa shape index (κ3) is 5.13. The molecule has 0 radical (unpaired) electrons. The van der Waals surface area contributed by atoms with Crippen molar-refractivity contribution in [2.24, 2.45) is 19.8 Å². The minimum absolute atomic E-state index is 0.000819. The van der Waals surface area contributed by atoms with Gasteiger partial charge in [-0.15, -0.1) is 0 Å². The molecule has 4 aromatic heterocycles. The fourth-order valence-corrected chi connectivity index (χ4v) is 5.90. The molecule has 0 aliphatic carbocycles. The molecule has 3 N–H and O–H groups in total. The van der Waals surface area contributed by atoms with Crippen LogP contribution in [0, 0.1) is 0 Å². The zero-order valence-corrected chi connectivity index (χ0v) is 24.9. The SMILES string of the molecule is C[C@@H](N)COc1cccc(-c2ccc3c(n2)N(C(=O)Nc2cc(-c4ccnn4C)nc(-c4ccnn4C)c2)[C@H]2CCN3C2)c1. The van der Waals surface area contributed by atoms with E-state index in [1.165, 1.54) is 0 Å². The molecule has 2 aliphatic heterocycles. The minimum Gasteiger partial charge on any atom is -0.492 e. The number of carbonyl (C=O) groups is 1. The summed E-state index contributed by atoms with van der Waals surface area (Å²) in [7, 11) is 3.73. The van der Waals surface area contributed by atoms with Crippen LogP contribution in [0.25, 0.3) is 34.0 Å². The largest absolute Gasteiger partial charge is 0.492 e. The standard InChI is InChI=1S/C32H34N10O2/c1-20(33)19-44-24-6-4-5-21(15-24)25-7-8-30-31(38-25)42(23-11-14-41(30)18-23)32(43)36-22-16-26(28-9-12-34-39(28)2)37-27(17-22)29-10-13-35-40(29)3/h4-10,12-13,15-17,20,23H,11,14,18-19,33H2,1-3H3,(H,36,37,43)/t20-,23+/m1/s1. The highest BCUT2D eigenvalue weighted by molar-refractivity contribution is 6.05. The first-order chi connectivity index (χ1) is 21.3. The number of nitrogens with zero attached hydrogens (tertiary/aromatic N) is 8. The average Bonchev–Trinajstić information content (AvgIpc) is 3.76. The molecule has 1 fully saturated rings. The lowest BCUT2D eigenvalue weighted by atomic mass is 10.1. The number of fused-ring (bicyclic) bond motifs is 4. The van der Waals surface area contributed by atoms with E-state index < -0.39 is 0 Å². The molecule has 224 valence electrons. The highest BCUT2D eigenvalue weighted by atomic mass is 16.5. The maximum Gasteiger partial charge on any atom is 0.327 e.